The predicted molar refractivity (Wildman–Crippen MR) is 76.6 cm³/mol. The maximum atomic E-state index is 6.05. The van der Waals surface area contributed by atoms with E-state index in [-0.39, 0.29) is 0 Å². The van der Waals surface area contributed by atoms with Crippen molar-refractivity contribution in [2.45, 2.75) is 25.7 Å². The number of nitrogens with zero attached hydrogens (tertiary/aromatic N) is 1. The molecule has 18 heavy (non-hydrogen) atoms. The summed E-state index contributed by atoms with van der Waals surface area (Å²) in [6, 6.07) is 8.14. The highest BCUT2D eigenvalue weighted by Crippen LogP contribution is 2.30. The molecule has 0 radical (unpaired) electrons. The number of anilines is 2. The van der Waals surface area contributed by atoms with Crippen molar-refractivity contribution in [1.82, 2.24) is 4.98 Å². The summed E-state index contributed by atoms with van der Waals surface area (Å²) < 4.78 is 0. The van der Waals surface area contributed by atoms with Gasteiger partial charge in [0.15, 0.2) is 0 Å². The number of nitrogens with two attached hydrogens (primary N) is 1. The molecule has 2 aromatic rings. The fourth-order valence-electron chi connectivity index (χ4n) is 2.81. The number of nitrogens with one attached hydrogen (secondary N) is 1. The second-order valence-electron chi connectivity index (χ2n) is 5.14. The lowest BCUT2D eigenvalue weighted by Crippen LogP contribution is -2.12. The molecule has 3 N–H and O–H groups in total. The molecule has 1 saturated carbocycles. The molecule has 0 unspecified atom stereocenters. The van der Waals surface area contributed by atoms with Crippen LogP contribution in [0.4, 0.5) is 11.4 Å². The highest BCUT2D eigenvalue weighted by molar-refractivity contribution is 5.96. The molecule has 1 fully saturated rings. The van der Waals surface area contributed by atoms with Gasteiger partial charge in [-0.2, -0.15) is 0 Å². The monoisotopic (exact) mass is 241 g/mol. The van der Waals surface area contributed by atoms with E-state index >= 15 is 0 Å². The van der Waals surface area contributed by atoms with Gasteiger partial charge in [0.1, 0.15) is 0 Å². The van der Waals surface area contributed by atoms with Crippen molar-refractivity contribution in [3.63, 3.8) is 0 Å². The van der Waals surface area contributed by atoms with Gasteiger partial charge in [0.25, 0.3) is 0 Å². The van der Waals surface area contributed by atoms with Gasteiger partial charge in [-0.25, -0.2) is 0 Å². The standard InChI is InChI=1S/C15H19N3/c16-13-10-17-14-8-4-3-7-12(14)15(13)18-9-11-5-1-2-6-11/h3-4,7-8,10-11H,1-2,5-6,9,16H2,(H,17,18). The van der Waals surface area contributed by atoms with Crippen molar-refractivity contribution in [2.24, 2.45) is 5.92 Å². The Labute approximate surface area is 107 Å². The van der Waals surface area contributed by atoms with E-state index in [0.29, 0.717) is 0 Å². The van der Waals surface area contributed by atoms with Crippen LogP contribution in [-0.4, -0.2) is 11.5 Å². The second-order valence-corrected chi connectivity index (χ2v) is 5.14. The Bertz CT molecular complexity index is 544. The first kappa shape index (κ1) is 11.3. The minimum atomic E-state index is 0.742. The third-order valence-corrected chi connectivity index (χ3v) is 3.85. The van der Waals surface area contributed by atoms with Crippen LogP contribution in [0.5, 0.6) is 0 Å². The van der Waals surface area contributed by atoms with Crippen molar-refractivity contribution >= 4 is 22.3 Å². The first-order chi connectivity index (χ1) is 8.84. The minimum Gasteiger partial charge on any atom is -0.396 e. The third-order valence-electron chi connectivity index (χ3n) is 3.85. The molecule has 1 aromatic heterocycles. The number of benzene rings is 1. The summed E-state index contributed by atoms with van der Waals surface area (Å²) in [5, 5.41) is 4.65. The average molecular weight is 241 g/mol. The van der Waals surface area contributed by atoms with Crippen molar-refractivity contribution in [3.8, 4) is 0 Å². The maximum absolute atomic E-state index is 6.05. The van der Waals surface area contributed by atoms with Gasteiger partial charge in [-0.05, 0) is 24.8 Å². The third kappa shape index (κ3) is 2.13. The molecular weight excluding hydrogens is 222 g/mol. The Morgan fingerprint density at radius 2 is 2.00 bits per heavy atom. The Kier molecular flexibility index (Phi) is 3.05. The van der Waals surface area contributed by atoms with Crippen LogP contribution in [0.15, 0.2) is 30.5 Å². The van der Waals surface area contributed by atoms with Crippen molar-refractivity contribution < 1.29 is 0 Å². The zero-order chi connectivity index (χ0) is 12.4. The van der Waals surface area contributed by atoms with E-state index in [2.05, 4.69) is 16.4 Å². The Morgan fingerprint density at radius 3 is 2.83 bits per heavy atom. The molecule has 94 valence electrons. The van der Waals surface area contributed by atoms with Crippen LogP contribution < -0.4 is 11.1 Å². The van der Waals surface area contributed by atoms with Crippen LogP contribution in [0.3, 0.4) is 0 Å². The van der Waals surface area contributed by atoms with Crippen molar-refractivity contribution in [1.29, 1.82) is 0 Å². The lowest BCUT2D eigenvalue weighted by atomic mass is 10.1. The molecule has 0 atom stereocenters. The van der Waals surface area contributed by atoms with E-state index in [9.17, 15) is 0 Å². The van der Waals surface area contributed by atoms with Gasteiger partial charge in [-0.3, -0.25) is 4.98 Å². The number of hydrogen-bond donors (Lipinski definition) is 2. The van der Waals surface area contributed by atoms with E-state index < -0.39 is 0 Å². The SMILES string of the molecule is Nc1cnc2ccccc2c1NCC1CCCC1. The highest BCUT2D eigenvalue weighted by Gasteiger charge is 2.15. The number of para-hydroxylation sites is 1. The molecule has 3 heteroatoms. The molecule has 1 aromatic carbocycles. The van der Waals surface area contributed by atoms with Crippen LogP contribution in [0.1, 0.15) is 25.7 Å². The van der Waals surface area contributed by atoms with Crippen LogP contribution in [0.2, 0.25) is 0 Å². The number of pyridine rings is 1. The molecular formula is C15H19N3. The molecule has 0 spiro atoms. The van der Waals surface area contributed by atoms with Crippen LogP contribution in [0, 0.1) is 5.92 Å². The Balaban J connectivity index is 1.87. The van der Waals surface area contributed by atoms with Gasteiger partial charge in [0.2, 0.25) is 0 Å². The number of rotatable bonds is 3. The lowest BCUT2D eigenvalue weighted by Gasteiger charge is -2.15. The summed E-state index contributed by atoms with van der Waals surface area (Å²) in [4.78, 5) is 4.36. The molecule has 1 aliphatic carbocycles. The zero-order valence-corrected chi connectivity index (χ0v) is 10.5. The summed E-state index contributed by atoms with van der Waals surface area (Å²) in [5.74, 6) is 0.802. The first-order valence-corrected chi connectivity index (χ1v) is 6.71. The molecule has 1 aliphatic rings. The van der Waals surface area contributed by atoms with E-state index in [1.807, 2.05) is 18.2 Å². The fraction of sp³-hybridized carbons (Fsp3) is 0.400. The fourth-order valence-corrected chi connectivity index (χ4v) is 2.81. The Morgan fingerprint density at radius 1 is 1.22 bits per heavy atom. The van der Waals surface area contributed by atoms with Crippen LogP contribution in [-0.2, 0) is 0 Å². The smallest absolute Gasteiger partial charge is 0.0743 e. The van der Waals surface area contributed by atoms with E-state index in [4.69, 9.17) is 5.73 Å². The maximum Gasteiger partial charge on any atom is 0.0743 e. The van der Waals surface area contributed by atoms with Crippen LogP contribution >= 0.6 is 0 Å². The Hall–Kier alpha value is -1.77. The van der Waals surface area contributed by atoms with Gasteiger partial charge in [0, 0.05) is 11.9 Å². The second kappa shape index (κ2) is 4.84. The summed E-state index contributed by atoms with van der Waals surface area (Å²) in [6.07, 6.45) is 7.18. The summed E-state index contributed by atoms with van der Waals surface area (Å²) in [6.45, 7) is 1.03. The average Bonchev–Trinajstić information content (AvgIpc) is 2.91. The van der Waals surface area contributed by atoms with E-state index in [0.717, 1.165) is 34.7 Å². The van der Waals surface area contributed by atoms with Gasteiger partial charge in [-0.1, -0.05) is 31.0 Å². The molecule has 0 bridgehead atoms. The zero-order valence-electron chi connectivity index (χ0n) is 10.5. The van der Waals surface area contributed by atoms with Gasteiger partial charge < -0.3 is 11.1 Å². The van der Waals surface area contributed by atoms with E-state index in [1.54, 1.807) is 6.20 Å². The molecule has 0 saturated heterocycles. The quantitative estimate of drug-likeness (QED) is 0.865. The minimum absolute atomic E-state index is 0.742. The van der Waals surface area contributed by atoms with E-state index in [1.165, 1.54) is 25.7 Å². The van der Waals surface area contributed by atoms with Gasteiger partial charge >= 0.3 is 0 Å². The summed E-state index contributed by atoms with van der Waals surface area (Å²) >= 11 is 0. The number of hydrogen-bond acceptors (Lipinski definition) is 3. The summed E-state index contributed by atoms with van der Waals surface area (Å²) in [7, 11) is 0. The number of aromatic nitrogens is 1. The molecule has 0 amide bonds. The van der Waals surface area contributed by atoms with Crippen LogP contribution in [0.25, 0.3) is 10.9 Å². The lowest BCUT2D eigenvalue weighted by molar-refractivity contribution is 0.580. The van der Waals surface area contributed by atoms with Gasteiger partial charge in [-0.15, -0.1) is 0 Å². The molecule has 0 aliphatic heterocycles. The molecule has 3 rings (SSSR count). The van der Waals surface area contributed by atoms with Crippen molar-refractivity contribution in [3.05, 3.63) is 30.5 Å². The largest absolute Gasteiger partial charge is 0.396 e. The molecule has 3 nitrogen and oxygen atoms in total. The molecule has 1 heterocycles. The highest BCUT2D eigenvalue weighted by atomic mass is 14.9. The summed E-state index contributed by atoms with van der Waals surface area (Å²) in [5.41, 5.74) is 8.84. The normalized spacial score (nSPS) is 16.2. The van der Waals surface area contributed by atoms with Crippen molar-refractivity contribution in [2.75, 3.05) is 17.6 Å². The number of nitrogen functional groups attached to an aromatic ring is 1. The number of fused-ring (bicyclic) bond motifs is 1. The van der Waals surface area contributed by atoms with Gasteiger partial charge in [0.05, 0.1) is 23.1 Å². The topological polar surface area (TPSA) is 50.9 Å². The first-order valence-electron chi connectivity index (χ1n) is 6.71. The predicted octanol–water partition coefficient (Wildman–Crippen LogP) is 3.42.